The van der Waals surface area contributed by atoms with Crippen molar-refractivity contribution in [2.45, 2.75) is 58.0 Å². The Morgan fingerprint density at radius 3 is 2.28 bits per heavy atom. The van der Waals surface area contributed by atoms with Gasteiger partial charge in [0.2, 0.25) is 5.91 Å². The van der Waals surface area contributed by atoms with E-state index < -0.39 is 11.0 Å². The number of carbonyl (C=O) groups excluding carboxylic acids is 1. The Balaban J connectivity index is 2.38. The molecule has 0 heterocycles. The van der Waals surface area contributed by atoms with E-state index in [1.54, 1.807) is 7.05 Å². The van der Waals surface area contributed by atoms with Gasteiger partial charge in [0.05, 0.1) is 11.0 Å². The molecule has 106 valence electrons. The largest absolute Gasteiger partial charge is 0.389 e. The first kappa shape index (κ1) is 15.4. The second-order valence-corrected chi connectivity index (χ2v) is 6.21. The summed E-state index contributed by atoms with van der Waals surface area (Å²) in [4.78, 5) is 11.6. The second-order valence-electron chi connectivity index (χ2n) is 6.21. The van der Waals surface area contributed by atoms with Crippen molar-refractivity contribution in [3.05, 3.63) is 0 Å². The molecule has 0 atom stereocenters. The lowest BCUT2D eigenvalue weighted by molar-refractivity contribution is -0.128. The van der Waals surface area contributed by atoms with Crippen LogP contribution < -0.4 is 10.6 Å². The van der Waals surface area contributed by atoms with Gasteiger partial charge < -0.3 is 15.7 Å². The summed E-state index contributed by atoms with van der Waals surface area (Å²) in [7, 11) is 1.66. The van der Waals surface area contributed by atoms with Crippen molar-refractivity contribution >= 4 is 5.91 Å². The zero-order valence-corrected chi connectivity index (χ0v) is 12.0. The van der Waals surface area contributed by atoms with Gasteiger partial charge in [0.1, 0.15) is 0 Å². The van der Waals surface area contributed by atoms with Crippen molar-refractivity contribution in [2.24, 2.45) is 5.41 Å². The highest BCUT2D eigenvalue weighted by Gasteiger charge is 2.30. The van der Waals surface area contributed by atoms with Crippen molar-refractivity contribution < 1.29 is 9.90 Å². The van der Waals surface area contributed by atoms with Gasteiger partial charge in [0.25, 0.3) is 0 Å². The van der Waals surface area contributed by atoms with Crippen LogP contribution in [0.2, 0.25) is 0 Å². The Bertz CT molecular complexity index is 269. The van der Waals surface area contributed by atoms with Crippen LogP contribution in [0.3, 0.4) is 0 Å². The molecule has 0 aromatic rings. The van der Waals surface area contributed by atoms with Crippen LogP contribution in [-0.4, -0.2) is 36.8 Å². The Kier molecular flexibility index (Phi) is 5.60. The fourth-order valence-electron chi connectivity index (χ4n) is 2.59. The Hall–Kier alpha value is -0.610. The van der Waals surface area contributed by atoms with E-state index in [1.807, 2.05) is 13.8 Å². The number of rotatable bonds is 5. The highest BCUT2D eigenvalue weighted by molar-refractivity contribution is 5.81. The molecule has 1 aliphatic carbocycles. The Labute approximate surface area is 111 Å². The van der Waals surface area contributed by atoms with Crippen molar-refractivity contribution in [3.63, 3.8) is 0 Å². The van der Waals surface area contributed by atoms with Gasteiger partial charge in [-0.05, 0) is 26.7 Å². The molecule has 4 heteroatoms. The predicted molar refractivity (Wildman–Crippen MR) is 73.4 cm³/mol. The van der Waals surface area contributed by atoms with E-state index in [9.17, 15) is 9.90 Å². The molecule has 0 spiro atoms. The lowest BCUT2D eigenvalue weighted by atomic mass is 9.90. The third kappa shape index (κ3) is 4.58. The molecule has 0 bridgehead atoms. The summed E-state index contributed by atoms with van der Waals surface area (Å²) in [5.74, 6) is 0.0304. The van der Waals surface area contributed by atoms with Gasteiger partial charge >= 0.3 is 0 Å². The first-order valence-electron chi connectivity index (χ1n) is 7.05. The summed E-state index contributed by atoms with van der Waals surface area (Å²) in [6.45, 7) is 5.01. The van der Waals surface area contributed by atoms with Crippen molar-refractivity contribution in [1.82, 2.24) is 10.6 Å². The smallest absolute Gasteiger partial charge is 0.226 e. The Morgan fingerprint density at radius 1 is 1.22 bits per heavy atom. The van der Waals surface area contributed by atoms with Crippen molar-refractivity contribution in [2.75, 3.05) is 20.1 Å². The number of hydrogen-bond acceptors (Lipinski definition) is 3. The highest BCUT2D eigenvalue weighted by atomic mass is 16.3. The van der Waals surface area contributed by atoms with Crippen LogP contribution >= 0.6 is 0 Å². The maximum absolute atomic E-state index is 11.6. The molecule has 4 nitrogen and oxygen atoms in total. The molecule has 0 radical (unpaired) electrons. The molecule has 1 aliphatic rings. The molecule has 18 heavy (non-hydrogen) atoms. The molecule has 3 N–H and O–H groups in total. The fourth-order valence-corrected chi connectivity index (χ4v) is 2.59. The van der Waals surface area contributed by atoms with Crippen LogP contribution in [0.1, 0.15) is 52.4 Å². The maximum Gasteiger partial charge on any atom is 0.226 e. The van der Waals surface area contributed by atoms with Crippen LogP contribution in [0.25, 0.3) is 0 Å². The van der Waals surface area contributed by atoms with Crippen LogP contribution in [0.5, 0.6) is 0 Å². The number of aliphatic hydroxyl groups is 1. The van der Waals surface area contributed by atoms with Crippen LogP contribution in [0.15, 0.2) is 0 Å². The third-order valence-corrected chi connectivity index (χ3v) is 3.90. The molecular formula is C14H28N2O2. The first-order chi connectivity index (χ1) is 8.40. The fraction of sp³-hybridized carbons (Fsp3) is 0.929. The van der Waals surface area contributed by atoms with E-state index in [4.69, 9.17) is 0 Å². The lowest BCUT2D eigenvalue weighted by Crippen LogP contribution is -2.47. The number of carbonyl (C=O) groups is 1. The molecular weight excluding hydrogens is 228 g/mol. The predicted octanol–water partition coefficient (Wildman–Crippen LogP) is 1.43. The van der Waals surface area contributed by atoms with E-state index in [0.29, 0.717) is 13.1 Å². The highest BCUT2D eigenvalue weighted by Crippen LogP contribution is 2.26. The van der Waals surface area contributed by atoms with Gasteiger partial charge in [-0.15, -0.1) is 0 Å². The molecule has 1 amide bonds. The van der Waals surface area contributed by atoms with Crippen LogP contribution in [0.4, 0.5) is 0 Å². The van der Waals surface area contributed by atoms with Gasteiger partial charge in [-0.25, -0.2) is 0 Å². The van der Waals surface area contributed by atoms with E-state index in [0.717, 1.165) is 25.7 Å². The summed E-state index contributed by atoms with van der Waals surface area (Å²) in [6.07, 6.45) is 6.42. The normalized spacial score (nSPS) is 20.2. The number of amides is 1. The summed E-state index contributed by atoms with van der Waals surface area (Å²) in [6, 6.07) is 0. The average molecular weight is 256 g/mol. The maximum atomic E-state index is 11.6. The molecule has 0 saturated heterocycles. The van der Waals surface area contributed by atoms with Gasteiger partial charge in [-0.1, -0.05) is 25.7 Å². The molecule has 1 fully saturated rings. The number of hydrogen-bond donors (Lipinski definition) is 3. The number of nitrogens with one attached hydrogen (secondary N) is 2. The molecule has 0 unspecified atom stereocenters. The summed E-state index contributed by atoms with van der Waals surface area (Å²) in [5.41, 5.74) is -1.01. The van der Waals surface area contributed by atoms with Crippen LogP contribution in [-0.2, 0) is 4.79 Å². The van der Waals surface area contributed by atoms with Gasteiger partial charge in [-0.3, -0.25) is 4.79 Å². The van der Waals surface area contributed by atoms with E-state index >= 15 is 0 Å². The van der Waals surface area contributed by atoms with E-state index in [1.165, 1.54) is 12.8 Å². The SMILES string of the molecule is CNC(=O)C(C)(C)CNCC1(O)CCCCCC1. The molecule has 0 aliphatic heterocycles. The zero-order chi connectivity index (χ0) is 13.6. The Morgan fingerprint density at radius 2 is 1.78 bits per heavy atom. The third-order valence-electron chi connectivity index (χ3n) is 3.90. The summed E-state index contributed by atoms with van der Waals surface area (Å²) >= 11 is 0. The van der Waals surface area contributed by atoms with Crippen LogP contribution in [0, 0.1) is 5.41 Å². The minimum Gasteiger partial charge on any atom is -0.389 e. The lowest BCUT2D eigenvalue weighted by Gasteiger charge is -2.30. The first-order valence-corrected chi connectivity index (χ1v) is 7.05. The zero-order valence-electron chi connectivity index (χ0n) is 12.0. The van der Waals surface area contributed by atoms with E-state index in [-0.39, 0.29) is 5.91 Å². The second kappa shape index (κ2) is 6.53. The molecule has 1 rings (SSSR count). The van der Waals surface area contributed by atoms with Gasteiger partial charge in [0.15, 0.2) is 0 Å². The van der Waals surface area contributed by atoms with E-state index in [2.05, 4.69) is 10.6 Å². The minimum absolute atomic E-state index is 0.0304. The minimum atomic E-state index is -0.574. The molecule has 1 saturated carbocycles. The topological polar surface area (TPSA) is 61.4 Å². The summed E-state index contributed by atoms with van der Waals surface area (Å²) in [5, 5.41) is 16.4. The quantitative estimate of drug-likeness (QED) is 0.652. The van der Waals surface area contributed by atoms with Gasteiger partial charge in [0, 0.05) is 20.1 Å². The molecule has 0 aromatic carbocycles. The van der Waals surface area contributed by atoms with Gasteiger partial charge in [-0.2, -0.15) is 0 Å². The molecule has 0 aromatic heterocycles. The summed E-state index contributed by atoms with van der Waals surface area (Å²) < 4.78 is 0. The average Bonchev–Trinajstić information content (AvgIpc) is 2.53. The van der Waals surface area contributed by atoms with Crippen molar-refractivity contribution in [3.8, 4) is 0 Å². The standard InChI is InChI=1S/C14H28N2O2/c1-13(2,12(17)15-3)10-16-11-14(18)8-6-4-5-7-9-14/h16,18H,4-11H2,1-3H3,(H,15,17). The monoisotopic (exact) mass is 256 g/mol. The van der Waals surface area contributed by atoms with Crippen molar-refractivity contribution in [1.29, 1.82) is 0 Å².